The SMILES string of the molecule is Cl.O=C(NC1C2CNCC21)c1cc(F)ccc1Br. The quantitative estimate of drug-likeness (QED) is 0.867. The van der Waals surface area contributed by atoms with Gasteiger partial charge in [0.1, 0.15) is 5.82 Å². The first-order valence-corrected chi connectivity index (χ1v) is 6.43. The van der Waals surface area contributed by atoms with Crippen LogP contribution in [0.5, 0.6) is 0 Å². The summed E-state index contributed by atoms with van der Waals surface area (Å²) in [6.07, 6.45) is 0. The largest absolute Gasteiger partial charge is 0.349 e. The zero-order valence-corrected chi connectivity index (χ0v) is 11.9. The first kappa shape index (κ1) is 13.8. The Labute approximate surface area is 119 Å². The summed E-state index contributed by atoms with van der Waals surface area (Å²) in [5.41, 5.74) is 0.364. The fraction of sp³-hybridized carbons (Fsp3) is 0.417. The van der Waals surface area contributed by atoms with Gasteiger partial charge in [-0.15, -0.1) is 12.4 Å². The van der Waals surface area contributed by atoms with Crippen LogP contribution in [0.2, 0.25) is 0 Å². The maximum atomic E-state index is 13.1. The molecule has 0 radical (unpaired) electrons. The highest BCUT2D eigenvalue weighted by atomic mass is 79.9. The molecule has 0 spiro atoms. The third kappa shape index (κ3) is 2.39. The van der Waals surface area contributed by atoms with Crippen LogP contribution in [0.1, 0.15) is 10.4 Å². The van der Waals surface area contributed by atoms with Crippen LogP contribution in [-0.2, 0) is 0 Å². The number of piperidine rings is 1. The minimum atomic E-state index is -0.393. The molecular weight excluding hydrogens is 322 g/mol. The van der Waals surface area contributed by atoms with Gasteiger partial charge in [0.15, 0.2) is 0 Å². The number of hydrogen-bond acceptors (Lipinski definition) is 2. The van der Waals surface area contributed by atoms with Crippen molar-refractivity contribution in [3.63, 3.8) is 0 Å². The van der Waals surface area contributed by atoms with E-state index < -0.39 is 5.82 Å². The summed E-state index contributed by atoms with van der Waals surface area (Å²) in [5.74, 6) is 0.532. The number of fused-ring (bicyclic) bond motifs is 1. The lowest BCUT2D eigenvalue weighted by atomic mass is 10.2. The molecule has 1 saturated heterocycles. The summed E-state index contributed by atoms with van der Waals surface area (Å²) in [6.45, 7) is 1.94. The Kier molecular flexibility index (Phi) is 3.94. The molecule has 2 aliphatic rings. The standard InChI is InChI=1S/C12H12BrFN2O.ClH/c13-10-2-1-6(14)3-7(10)12(17)16-11-8-4-15-5-9(8)11;/h1-3,8-9,11,15H,4-5H2,(H,16,17);1H. The molecule has 2 unspecified atom stereocenters. The molecule has 6 heteroatoms. The molecule has 2 N–H and O–H groups in total. The highest BCUT2D eigenvalue weighted by Gasteiger charge is 2.53. The molecular formula is C12H13BrClFN2O. The Bertz CT molecular complexity index is 475. The van der Waals surface area contributed by atoms with E-state index in [1.807, 2.05) is 0 Å². The predicted octanol–water partition coefficient (Wildman–Crippen LogP) is 1.96. The van der Waals surface area contributed by atoms with Gasteiger partial charge in [-0.2, -0.15) is 0 Å². The lowest BCUT2D eigenvalue weighted by Crippen LogP contribution is -2.32. The minimum Gasteiger partial charge on any atom is -0.349 e. The fourth-order valence-electron chi connectivity index (χ4n) is 2.53. The molecule has 98 valence electrons. The van der Waals surface area contributed by atoms with Gasteiger partial charge in [0, 0.05) is 23.6 Å². The van der Waals surface area contributed by atoms with E-state index in [2.05, 4.69) is 26.6 Å². The molecule has 1 heterocycles. The fourth-order valence-corrected chi connectivity index (χ4v) is 2.96. The van der Waals surface area contributed by atoms with Crippen LogP contribution in [0.15, 0.2) is 22.7 Å². The molecule has 2 fully saturated rings. The van der Waals surface area contributed by atoms with Crippen molar-refractivity contribution in [2.75, 3.05) is 13.1 Å². The smallest absolute Gasteiger partial charge is 0.252 e. The lowest BCUT2D eigenvalue weighted by Gasteiger charge is -2.09. The summed E-state index contributed by atoms with van der Waals surface area (Å²) in [7, 11) is 0. The summed E-state index contributed by atoms with van der Waals surface area (Å²) in [5, 5.41) is 6.23. The van der Waals surface area contributed by atoms with Crippen LogP contribution in [0.3, 0.4) is 0 Å². The summed E-state index contributed by atoms with van der Waals surface area (Å²) < 4.78 is 13.7. The number of benzene rings is 1. The van der Waals surface area contributed by atoms with Gasteiger partial charge < -0.3 is 10.6 Å². The van der Waals surface area contributed by atoms with Crippen molar-refractivity contribution in [3.8, 4) is 0 Å². The molecule has 1 aliphatic heterocycles. The molecule has 3 nitrogen and oxygen atoms in total. The van der Waals surface area contributed by atoms with E-state index in [0.717, 1.165) is 13.1 Å². The second kappa shape index (κ2) is 5.15. The number of hydrogen-bond donors (Lipinski definition) is 2. The molecule has 0 bridgehead atoms. The Morgan fingerprint density at radius 1 is 1.39 bits per heavy atom. The van der Waals surface area contributed by atoms with Crippen molar-refractivity contribution in [3.05, 3.63) is 34.1 Å². The number of halogens is 3. The zero-order chi connectivity index (χ0) is 12.0. The first-order valence-electron chi connectivity index (χ1n) is 5.63. The van der Waals surface area contributed by atoms with Gasteiger partial charge in [-0.05, 0) is 46.0 Å². The predicted molar refractivity (Wildman–Crippen MR) is 72.5 cm³/mol. The van der Waals surface area contributed by atoms with Crippen LogP contribution in [0.4, 0.5) is 4.39 Å². The number of carbonyl (C=O) groups is 1. The van der Waals surface area contributed by atoms with Crippen LogP contribution in [-0.4, -0.2) is 25.0 Å². The van der Waals surface area contributed by atoms with Gasteiger partial charge >= 0.3 is 0 Å². The number of amides is 1. The molecule has 1 saturated carbocycles. The molecule has 3 rings (SSSR count). The minimum absolute atomic E-state index is 0. The Morgan fingerprint density at radius 2 is 2.06 bits per heavy atom. The van der Waals surface area contributed by atoms with Gasteiger partial charge in [0.25, 0.3) is 5.91 Å². The topological polar surface area (TPSA) is 41.1 Å². The molecule has 1 aliphatic carbocycles. The molecule has 2 atom stereocenters. The summed E-state index contributed by atoms with van der Waals surface area (Å²) in [6, 6.07) is 4.41. The van der Waals surface area contributed by atoms with Crippen molar-refractivity contribution < 1.29 is 9.18 Å². The molecule has 1 aromatic rings. The summed E-state index contributed by atoms with van der Waals surface area (Å²) in [4.78, 5) is 12.0. The maximum absolute atomic E-state index is 13.1. The first-order chi connectivity index (χ1) is 8.16. The van der Waals surface area contributed by atoms with Gasteiger partial charge in [0.2, 0.25) is 0 Å². The van der Waals surface area contributed by atoms with Gasteiger partial charge in [-0.1, -0.05) is 0 Å². The summed E-state index contributed by atoms with van der Waals surface area (Å²) >= 11 is 3.26. The normalized spacial score (nSPS) is 28.2. The Hall–Kier alpha value is -0.650. The third-order valence-electron chi connectivity index (χ3n) is 3.56. The van der Waals surface area contributed by atoms with E-state index in [9.17, 15) is 9.18 Å². The monoisotopic (exact) mass is 334 g/mol. The van der Waals surface area contributed by atoms with E-state index in [-0.39, 0.29) is 24.4 Å². The average molecular weight is 336 g/mol. The van der Waals surface area contributed by atoms with Gasteiger partial charge in [-0.25, -0.2) is 4.39 Å². The second-order valence-electron chi connectivity index (χ2n) is 4.61. The van der Waals surface area contributed by atoms with Crippen LogP contribution >= 0.6 is 28.3 Å². The maximum Gasteiger partial charge on any atom is 0.252 e. The van der Waals surface area contributed by atoms with Crippen molar-refractivity contribution in [2.24, 2.45) is 11.8 Å². The number of rotatable bonds is 2. The average Bonchev–Trinajstić information content (AvgIpc) is 2.76. The van der Waals surface area contributed by atoms with Crippen LogP contribution < -0.4 is 10.6 Å². The van der Waals surface area contributed by atoms with Gasteiger partial charge in [-0.3, -0.25) is 4.79 Å². The molecule has 0 aromatic heterocycles. The van der Waals surface area contributed by atoms with E-state index in [0.29, 0.717) is 21.9 Å². The number of carbonyl (C=O) groups excluding carboxylic acids is 1. The molecule has 1 amide bonds. The Balaban J connectivity index is 0.00000120. The van der Waals surface area contributed by atoms with E-state index in [4.69, 9.17) is 0 Å². The van der Waals surface area contributed by atoms with Crippen molar-refractivity contribution in [1.82, 2.24) is 10.6 Å². The van der Waals surface area contributed by atoms with Crippen LogP contribution in [0.25, 0.3) is 0 Å². The zero-order valence-electron chi connectivity index (χ0n) is 9.45. The van der Waals surface area contributed by atoms with E-state index >= 15 is 0 Å². The Morgan fingerprint density at radius 3 is 2.72 bits per heavy atom. The van der Waals surface area contributed by atoms with Crippen molar-refractivity contribution in [2.45, 2.75) is 6.04 Å². The van der Waals surface area contributed by atoms with Crippen molar-refractivity contribution in [1.29, 1.82) is 0 Å². The van der Waals surface area contributed by atoms with E-state index in [1.165, 1.54) is 12.1 Å². The highest BCUT2D eigenvalue weighted by Crippen LogP contribution is 2.41. The molecule has 18 heavy (non-hydrogen) atoms. The third-order valence-corrected chi connectivity index (χ3v) is 4.25. The second-order valence-corrected chi connectivity index (χ2v) is 5.46. The van der Waals surface area contributed by atoms with Crippen LogP contribution in [0, 0.1) is 17.7 Å². The highest BCUT2D eigenvalue weighted by molar-refractivity contribution is 9.10. The van der Waals surface area contributed by atoms with Crippen molar-refractivity contribution >= 4 is 34.2 Å². The lowest BCUT2D eigenvalue weighted by molar-refractivity contribution is 0.0945. The number of nitrogens with one attached hydrogen (secondary N) is 2. The van der Waals surface area contributed by atoms with Gasteiger partial charge in [0.05, 0.1) is 5.56 Å². The van der Waals surface area contributed by atoms with E-state index in [1.54, 1.807) is 6.07 Å². The molecule has 1 aromatic carbocycles.